The van der Waals surface area contributed by atoms with E-state index in [1.165, 1.54) is 4.68 Å². The first kappa shape index (κ1) is 28.6. The van der Waals surface area contributed by atoms with Crippen LogP contribution in [0.5, 0.6) is 5.75 Å². The lowest BCUT2D eigenvalue weighted by molar-refractivity contribution is -0.118. The molecular weight excluding hydrogens is 574 g/mol. The Kier molecular flexibility index (Phi) is 8.08. The van der Waals surface area contributed by atoms with Crippen molar-refractivity contribution >= 4 is 40.3 Å². The first-order chi connectivity index (χ1) is 21.4. The topological polar surface area (TPSA) is 90.5 Å². The van der Waals surface area contributed by atoms with Gasteiger partial charge in [-0.1, -0.05) is 54.1 Å². The maximum Gasteiger partial charge on any atom is 0.282 e. The van der Waals surface area contributed by atoms with Crippen molar-refractivity contribution in [3.05, 3.63) is 142 Å². The Hall–Kier alpha value is -5.47. The van der Waals surface area contributed by atoms with Crippen LogP contribution < -0.4 is 15.6 Å². The van der Waals surface area contributed by atoms with Gasteiger partial charge in [-0.05, 0) is 80.6 Å². The molecule has 44 heavy (non-hydrogen) atoms. The van der Waals surface area contributed by atoms with Crippen LogP contribution in [0.2, 0.25) is 5.02 Å². The number of nitrogens with one attached hydrogen (secondary N) is 1. The molecule has 0 aliphatic carbocycles. The molecule has 2 heterocycles. The number of carbonyl (C=O) groups is 1. The number of ether oxygens (including phenoxy) is 1. The molecule has 0 aliphatic rings. The number of nitrogens with zero attached hydrogens (tertiary/aromatic N) is 4. The summed E-state index contributed by atoms with van der Waals surface area (Å²) in [6.07, 6.45) is 1.69. The summed E-state index contributed by atoms with van der Waals surface area (Å²) in [5, 5.41) is 8.52. The van der Waals surface area contributed by atoms with Gasteiger partial charge in [-0.15, -0.1) is 0 Å². The van der Waals surface area contributed by atoms with E-state index >= 15 is 0 Å². The van der Waals surface area contributed by atoms with Gasteiger partial charge in [0.25, 0.3) is 11.5 Å². The predicted octanol–water partition coefficient (Wildman–Crippen LogP) is 7.02. The van der Waals surface area contributed by atoms with Crippen LogP contribution in [0.4, 0.5) is 5.69 Å². The third-order valence-corrected chi connectivity index (χ3v) is 7.41. The zero-order valence-electron chi connectivity index (χ0n) is 24.1. The molecule has 0 saturated heterocycles. The number of para-hydroxylation sites is 1. The van der Waals surface area contributed by atoms with Gasteiger partial charge in [0.2, 0.25) is 0 Å². The fraction of sp³-hybridized carbons (Fsp3) is 0.0857. The van der Waals surface area contributed by atoms with E-state index in [1.54, 1.807) is 36.5 Å². The Morgan fingerprint density at radius 2 is 1.64 bits per heavy atom. The summed E-state index contributed by atoms with van der Waals surface area (Å²) < 4.78 is 9.15. The Morgan fingerprint density at radius 3 is 2.39 bits per heavy atom. The lowest BCUT2D eigenvalue weighted by Crippen LogP contribution is -2.20. The molecule has 0 fully saturated rings. The van der Waals surface area contributed by atoms with Gasteiger partial charge in [0.15, 0.2) is 12.4 Å². The average molecular weight is 602 g/mol. The fourth-order valence-electron chi connectivity index (χ4n) is 5.01. The first-order valence-electron chi connectivity index (χ1n) is 14.0. The molecule has 0 aliphatic heterocycles. The van der Waals surface area contributed by atoms with Crippen molar-refractivity contribution in [1.82, 2.24) is 14.2 Å². The SMILES string of the molecule is Cc1cc(C=Nn2c(-c3ccccc3)nc3ccccc3c2=O)c(C)n1-c1ccc(OCC(=O)Nc2ccc(Cl)cc2)cc1. The average Bonchev–Trinajstić information content (AvgIpc) is 3.33. The monoisotopic (exact) mass is 601 g/mol. The highest BCUT2D eigenvalue weighted by molar-refractivity contribution is 6.30. The number of halogens is 1. The zero-order valence-corrected chi connectivity index (χ0v) is 24.8. The van der Waals surface area contributed by atoms with Crippen LogP contribution in [-0.4, -0.2) is 33.0 Å². The van der Waals surface area contributed by atoms with Crippen molar-refractivity contribution in [2.24, 2.45) is 5.10 Å². The Balaban J connectivity index is 1.23. The number of hydrogen-bond acceptors (Lipinski definition) is 5. The van der Waals surface area contributed by atoms with Gasteiger partial charge in [0.05, 0.1) is 17.1 Å². The zero-order chi connectivity index (χ0) is 30.6. The molecular formula is C35H28ClN5O3. The molecule has 9 heteroatoms. The molecule has 0 unspecified atom stereocenters. The highest BCUT2D eigenvalue weighted by Gasteiger charge is 2.14. The standard InChI is InChI=1S/C35H28ClN5O3/c1-23-20-26(21-37-41-34(25-8-4-3-5-9-25)39-32-11-7-6-10-31(32)35(41)43)24(2)40(23)29-16-18-30(19-17-29)44-22-33(42)38-28-14-12-27(36)13-15-28/h3-21H,22H2,1-2H3,(H,38,42). The van der Waals surface area contributed by atoms with Gasteiger partial charge in [0.1, 0.15) is 5.75 Å². The van der Waals surface area contributed by atoms with E-state index < -0.39 is 0 Å². The normalized spacial score (nSPS) is 11.2. The van der Waals surface area contributed by atoms with E-state index in [0.29, 0.717) is 33.2 Å². The third kappa shape index (κ3) is 6.02. The number of aromatic nitrogens is 3. The van der Waals surface area contributed by atoms with Crippen molar-refractivity contribution in [1.29, 1.82) is 0 Å². The lowest BCUT2D eigenvalue weighted by Gasteiger charge is -2.12. The third-order valence-electron chi connectivity index (χ3n) is 7.16. The smallest absolute Gasteiger partial charge is 0.282 e. The van der Waals surface area contributed by atoms with Crippen LogP contribution in [0, 0.1) is 13.8 Å². The minimum Gasteiger partial charge on any atom is -0.484 e. The van der Waals surface area contributed by atoms with E-state index in [-0.39, 0.29) is 18.1 Å². The van der Waals surface area contributed by atoms with Gasteiger partial charge >= 0.3 is 0 Å². The maximum atomic E-state index is 13.5. The molecule has 0 spiro atoms. The first-order valence-corrected chi connectivity index (χ1v) is 14.3. The Bertz CT molecular complexity index is 2050. The van der Waals surface area contributed by atoms with E-state index in [9.17, 15) is 9.59 Å². The van der Waals surface area contributed by atoms with Crippen LogP contribution >= 0.6 is 11.6 Å². The number of anilines is 1. The van der Waals surface area contributed by atoms with Crippen LogP contribution in [0.25, 0.3) is 28.0 Å². The van der Waals surface area contributed by atoms with Crippen LogP contribution in [0.3, 0.4) is 0 Å². The molecule has 0 bridgehead atoms. The molecule has 0 saturated carbocycles. The summed E-state index contributed by atoms with van der Waals surface area (Å²) in [5.41, 5.74) is 5.55. The molecule has 218 valence electrons. The molecule has 8 nitrogen and oxygen atoms in total. The number of aryl methyl sites for hydroxylation is 1. The summed E-state index contributed by atoms with van der Waals surface area (Å²) in [6.45, 7) is 3.88. The molecule has 2 aromatic heterocycles. The van der Waals surface area contributed by atoms with Crippen molar-refractivity contribution in [3.63, 3.8) is 0 Å². The summed E-state index contributed by atoms with van der Waals surface area (Å²) in [6, 6.07) is 33.2. The number of benzene rings is 4. The van der Waals surface area contributed by atoms with Crippen LogP contribution in [0.15, 0.2) is 119 Å². The van der Waals surface area contributed by atoms with Crippen molar-refractivity contribution in [3.8, 4) is 22.8 Å². The maximum absolute atomic E-state index is 13.5. The summed E-state index contributed by atoms with van der Waals surface area (Å²) in [5.74, 6) is 0.770. The van der Waals surface area contributed by atoms with E-state index in [1.807, 2.05) is 92.7 Å². The van der Waals surface area contributed by atoms with Crippen molar-refractivity contribution in [2.75, 3.05) is 11.9 Å². The number of fused-ring (bicyclic) bond motifs is 1. The Labute approximate surface area is 258 Å². The largest absolute Gasteiger partial charge is 0.484 e. The van der Waals surface area contributed by atoms with Crippen LogP contribution in [0.1, 0.15) is 17.0 Å². The molecule has 0 radical (unpaired) electrons. The van der Waals surface area contributed by atoms with E-state index in [4.69, 9.17) is 21.3 Å². The number of hydrogen-bond donors (Lipinski definition) is 1. The fourth-order valence-corrected chi connectivity index (χ4v) is 5.14. The number of rotatable bonds is 8. The molecule has 1 amide bonds. The molecule has 1 N–H and O–H groups in total. The van der Waals surface area contributed by atoms with Crippen molar-refractivity contribution in [2.45, 2.75) is 13.8 Å². The second-order valence-electron chi connectivity index (χ2n) is 10.2. The molecule has 4 aromatic carbocycles. The second-order valence-corrected chi connectivity index (χ2v) is 10.6. The summed E-state index contributed by atoms with van der Waals surface area (Å²) in [4.78, 5) is 30.6. The second kappa shape index (κ2) is 12.4. The van der Waals surface area contributed by atoms with Gasteiger partial charge < -0.3 is 14.6 Å². The summed E-state index contributed by atoms with van der Waals surface area (Å²) in [7, 11) is 0. The molecule has 6 rings (SSSR count). The van der Waals surface area contributed by atoms with Gasteiger partial charge in [-0.2, -0.15) is 9.78 Å². The lowest BCUT2D eigenvalue weighted by atomic mass is 10.2. The molecule has 6 aromatic rings. The predicted molar refractivity (Wildman–Crippen MR) is 175 cm³/mol. The van der Waals surface area contributed by atoms with Gasteiger partial charge in [-0.3, -0.25) is 9.59 Å². The van der Waals surface area contributed by atoms with Gasteiger partial charge in [-0.25, -0.2) is 4.98 Å². The minimum absolute atomic E-state index is 0.127. The minimum atomic E-state index is -0.270. The highest BCUT2D eigenvalue weighted by Crippen LogP contribution is 2.23. The quantitative estimate of drug-likeness (QED) is 0.190. The van der Waals surface area contributed by atoms with Gasteiger partial charge in [0, 0.05) is 38.9 Å². The molecule has 0 atom stereocenters. The van der Waals surface area contributed by atoms with Crippen LogP contribution in [-0.2, 0) is 4.79 Å². The van der Waals surface area contributed by atoms with E-state index in [0.717, 1.165) is 28.2 Å². The van der Waals surface area contributed by atoms with E-state index in [2.05, 4.69) is 15.0 Å². The highest BCUT2D eigenvalue weighted by atomic mass is 35.5. The Morgan fingerprint density at radius 1 is 0.932 bits per heavy atom. The number of carbonyl (C=O) groups excluding carboxylic acids is 1. The van der Waals surface area contributed by atoms with Crippen molar-refractivity contribution < 1.29 is 9.53 Å². The summed E-state index contributed by atoms with van der Waals surface area (Å²) >= 11 is 5.90. The number of amides is 1.